The highest BCUT2D eigenvalue weighted by Crippen LogP contribution is 2.66. The number of allylic oxidation sites excluding steroid dienone is 4. The number of anilines is 1. The van der Waals surface area contributed by atoms with Gasteiger partial charge in [-0.3, -0.25) is 4.79 Å². The van der Waals surface area contributed by atoms with Crippen LogP contribution < -0.4 is 4.90 Å². The number of hydrogen-bond donors (Lipinski definition) is 1. The molecule has 0 unspecified atom stereocenters. The number of aliphatic hydroxyl groups is 1. The zero-order valence-electron chi connectivity index (χ0n) is 19.9. The van der Waals surface area contributed by atoms with Gasteiger partial charge in [0.2, 0.25) is 0 Å². The Hall–Kier alpha value is -2.31. The third-order valence-electron chi connectivity index (χ3n) is 9.03. The summed E-state index contributed by atoms with van der Waals surface area (Å²) < 4.78 is 0. The van der Waals surface area contributed by atoms with Crippen LogP contribution in [-0.4, -0.2) is 30.6 Å². The Morgan fingerprint density at radius 3 is 2.53 bits per heavy atom. The molecule has 4 aliphatic rings. The van der Waals surface area contributed by atoms with Gasteiger partial charge in [-0.05, 0) is 92.2 Å². The first-order valence-electron chi connectivity index (χ1n) is 12.2. The number of fused-ring (bicyclic) bond motifs is 4. The predicted molar refractivity (Wildman–Crippen MR) is 129 cm³/mol. The lowest BCUT2D eigenvalue weighted by atomic mass is 9.51. The van der Waals surface area contributed by atoms with Gasteiger partial charge < -0.3 is 10.0 Å². The van der Waals surface area contributed by atoms with Crippen LogP contribution in [0.3, 0.4) is 0 Å². The molecule has 0 spiro atoms. The Morgan fingerprint density at radius 1 is 1.09 bits per heavy atom. The fourth-order valence-electron chi connectivity index (χ4n) is 7.38. The number of ketones is 1. The minimum atomic E-state index is -0.914. The van der Waals surface area contributed by atoms with Crippen molar-refractivity contribution in [2.45, 2.75) is 70.3 Å². The molecule has 2 saturated carbocycles. The van der Waals surface area contributed by atoms with E-state index in [4.69, 9.17) is 0 Å². The van der Waals surface area contributed by atoms with Gasteiger partial charge in [0.25, 0.3) is 0 Å². The smallest absolute Gasteiger partial charge is 0.156 e. The van der Waals surface area contributed by atoms with E-state index < -0.39 is 5.60 Å². The van der Waals surface area contributed by atoms with E-state index in [2.05, 4.69) is 62.0 Å². The normalized spacial score (nSPS) is 35.8. The fourth-order valence-corrected chi connectivity index (χ4v) is 7.38. The molecule has 5 atom stereocenters. The topological polar surface area (TPSA) is 40.5 Å². The number of carbonyl (C=O) groups excluding carboxylic acids is 1. The lowest BCUT2D eigenvalue weighted by Crippen LogP contribution is -2.51. The van der Waals surface area contributed by atoms with Crippen LogP contribution in [0.4, 0.5) is 5.69 Å². The second-order valence-electron chi connectivity index (χ2n) is 10.8. The first-order chi connectivity index (χ1) is 15.3. The van der Waals surface area contributed by atoms with E-state index in [1.54, 1.807) is 5.57 Å². The van der Waals surface area contributed by atoms with Crippen LogP contribution in [0.15, 0.2) is 47.1 Å². The number of nitrogens with zero attached hydrogens (tertiary/aromatic N) is 1. The number of rotatable bonds is 2. The van der Waals surface area contributed by atoms with Crippen LogP contribution >= 0.6 is 0 Å². The molecule has 2 fully saturated rings. The van der Waals surface area contributed by atoms with Crippen molar-refractivity contribution < 1.29 is 9.90 Å². The summed E-state index contributed by atoms with van der Waals surface area (Å²) in [5, 5.41) is 11.7. The van der Waals surface area contributed by atoms with E-state index in [1.165, 1.54) is 22.4 Å². The average molecular weight is 430 g/mol. The molecular formula is C29H35NO2. The molecule has 32 heavy (non-hydrogen) atoms. The number of hydrogen-bond acceptors (Lipinski definition) is 3. The molecule has 3 nitrogen and oxygen atoms in total. The van der Waals surface area contributed by atoms with E-state index >= 15 is 0 Å². The molecule has 0 amide bonds. The van der Waals surface area contributed by atoms with Crippen molar-refractivity contribution in [2.75, 3.05) is 19.0 Å². The van der Waals surface area contributed by atoms with Crippen LogP contribution in [0.5, 0.6) is 0 Å². The van der Waals surface area contributed by atoms with E-state index in [9.17, 15) is 9.90 Å². The maximum Gasteiger partial charge on any atom is 0.156 e. The summed E-state index contributed by atoms with van der Waals surface area (Å²) in [5.41, 5.74) is 5.71. The molecule has 1 N–H and O–H groups in total. The minimum Gasteiger partial charge on any atom is -0.378 e. The van der Waals surface area contributed by atoms with Crippen molar-refractivity contribution in [1.29, 1.82) is 0 Å². The van der Waals surface area contributed by atoms with Gasteiger partial charge in [-0.15, -0.1) is 5.92 Å². The van der Waals surface area contributed by atoms with Crippen molar-refractivity contribution in [3.8, 4) is 11.8 Å². The average Bonchev–Trinajstić information content (AvgIpc) is 3.03. The first-order valence-corrected chi connectivity index (χ1v) is 12.2. The molecular weight excluding hydrogens is 394 g/mol. The molecule has 0 saturated heterocycles. The SMILES string of the molecule is CC#C[C@]1(O)CC[C@H]2[C@@H]3CCC4=CC(=O)CCC4=C3[C@H](c3ccc(N(C)C)cc3)C[C@@]21C. The van der Waals surface area contributed by atoms with Crippen LogP contribution in [0.25, 0.3) is 0 Å². The summed E-state index contributed by atoms with van der Waals surface area (Å²) in [7, 11) is 4.14. The first kappa shape index (κ1) is 21.5. The molecule has 0 aromatic heterocycles. The Morgan fingerprint density at radius 2 is 1.84 bits per heavy atom. The third-order valence-corrected chi connectivity index (χ3v) is 9.03. The standard InChI is InChI=1S/C29H35NO2/c1-5-15-29(32)16-14-26-24-12-8-20-17-22(31)11-13-23(20)27(24)25(18-28(26,29)2)19-6-9-21(10-7-19)30(3)4/h6-7,9-10,17,24-26,32H,8,11-14,16,18H2,1-4H3/t24-,25-,26-,28-,29-/m0/s1. The molecule has 4 aliphatic carbocycles. The molecule has 5 rings (SSSR count). The Balaban J connectivity index is 1.67. The van der Waals surface area contributed by atoms with Gasteiger partial charge in [0.1, 0.15) is 5.60 Å². The summed E-state index contributed by atoms with van der Waals surface area (Å²) >= 11 is 0. The molecule has 0 heterocycles. The Kier molecular flexibility index (Phi) is 5.13. The molecule has 1 aromatic carbocycles. The van der Waals surface area contributed by atoms with Crippen LogP contribution in [0.1, 0.15) is 70.3 Å². The minimum absolute atomic E-state index is 0.221. The fraction of sp³-hybridized carbons (Fsp3) is 0.552. The largest absolute Gasteiger partial charge is 0.378 e. The van der Waals surface area contributed by atoms with Crippen molar-refractivity contribution in [1.82, 2.24) is 0 Å². The highest BCUT2D eigenvalue weighted by Gasteiger charge is 2.62. The highest BCUT2D eigenvalue weighted by atomic mass is 16.3. The zero-order chi connectivity index (χ0) is 22.7. The summed E-state index contributed by atoms with van der Waals surface area (Å²) in [4.78, 5) is 14.3. The van der Waals surface area contributed by atoms with Gasteiger partial charge in [0.05, 0.1) is 0 Å². The molecule has 1 aromatic rings. The lowest BCUT2D eigenvalue weighted by molar-refractivity contribution is -0.114. The summed E-state index contributed by atoms with van der Waals surface area (Å²) in [5.74, 6) is 7.76. The Labute approximate surface area is 192 Å². The Bertz CT molecular complexity index is 1070. The predicted octanol–water partition coefficient (Wildman–Crippen LogP) is 5.41. The summed E-state index contributed by atoms with van der Waals surface area (Å²) in [6.07, 6.45) is 8.23. The second kappa shape index (κ2) is 7.63. The van der Waals surface area contributed by atoms with E-state index in [-0.39, 0.29) is 17.1 Å². The van der Waals surface area contributed by atoms with Gasteiger partial charge >= 0.3 is 0 Å². The number of carbonyl (C=O) groups is 1. The zero-order valence-corrected chi connectivity index (χ0v) is 19.9. The van der Waals surface area contributed by atoms with Gasteiger partial charge in [-0.1, -0.05) is 30.6 Å². The quantitative estimate of drug-likeness (QED) is 0.640. The molecule has 0 radical (unpaired) electrons. The van der Waals surface area contributed by atoms with Gasteiger partial charge in [0.15, 0.2) is 5.78 Å². The molecule has 0 bridgehead atoms. The van der Waals surface area contributed by atoms with Crippen molar-refractivity contribution in [3.05, 3.63) is 52.6 Å². The van der Waals surface area contributed by atoms with Crippen molar-refractivity contribution in [3.63, 3.8) is 0 Å². The molecule has 0 aliphatic heterocycles. The van der Waals surface area contributed by atoms with Crippen LogP contribution in [0.2, 0.25) is 0 Å². The van der Waals surface area contributed by atoms with Gasteiger partial charge in [-0.2, -0.15) is 0 Å². The number of benzene rings is 1. The molecule has 168 valence electrons. The lowest BCUT2D eigenvalue weighted by Gasteiger charge is -2.53. The van der Waals surface area contributed by atoms with Crippen molar-refractivity contribution in [2.24, 2.45) is 17.3 Å². The monoisotopic (exact) mass is 429 g/mol. The van der Waals surface area contributed by atoms with Crippen molar-refractivity contribution >= 4 is 11.5 Å². The van der Waals surface area contributed by atoms with Gasteiger partial charge in [-0.25, -0.2) is 0 Å². The highest BCUT2D eigenvalue weighted by molar-refractivity contribution is 5.93. The van der Waals surface area contributed by atoms with E-state index in [0.29, 0.717) is 18.3 Å². The second-order valence-corrected chi connectivity index (χ2v) is 10.8. The third kappa shape index (κ3) is 3.11. The molecule has 3 heteroatoms. The maximum absolute atomic E-state index is 12.2. The van der Waals surface area contributed by atoms with E-state index in [0.717, 1.165) is 38.5 Å². The van der Waals surface area contributed by atoms with Crippen LogP contribution in [0, 0.1) is 29.1 Å². The maximum atomic E-state index is 12.2. The summed E-state index contributed by atoms with van der Waals surface area (Å²) in [6.45, 7) is 4.15. The summed E-state index contributed by atoms with van der Waals surface area (Å²) in [6, 6.07) is 8.97. The van der Waals surface area contributed by atoms with Crippen LogP contribution in [-0.2, 0) is 4.79 Å². The van der Waals surface area contributed by atoms with Gasteiger partial charge in [0, 0.05) is 37.5 Å². The van der Waals surface area contributed by atoms with E-state index in [1.807, 2.05) is 13.0 Å².